The van der Waals surface area contributed by atoms with Crippen LogP contribution in [0.25, 0.3) is 22.0 Å². The molecule has 3 rings (SSSR count). The first-order valence-corrected chi connectivity index (χ1v) is 6.85. The van der Waals surface area contributed by atoms with Gasteiger partial charge in [-0.15, -0.1) is 11.3 Å². The number of H-pyrrole nitrogens is 1. The van der Waals surface area contributed by atoms with Gasteiger partial charge in [0, 0.05) is 0 Å². The number of hydrogen-bond donors (Lipinski definition) is 2. The Bertz CT molecular complexity index is 769. The van der Waals surface area contributed by atoms with E-state index in [1.807, 2.05) is 37.3 Å². The summed E-state index contributed by atoms with van der Waals surface area (Å²) in [4.78, 5) is 5.56. The minimum atomic E-state index is 0.375. The van der Waals surface area contributed by atoms with Crippen LogP contribution >= 0.6 is 23.6 Å². The van der Waals surface area contributed by atoms with Crippen molar-refractivity contribution in [2.24, 2.45) is 0 Å². The van der Waals surface area contributed by atoms with Crippen molar-refractivity contribution in [3.05, 3.63) is 40.1 Å². The number of benzene rings is 1. The van der Waals surface area contributed by atoms with E-state index in [0.717, 1.165) is 21.1 Å². The average Bonchev–Trinajstić information content (AvgIpc) is 2.95. The first-order valence-electron chi connectivity index (χ1n) is 5.62. The summed E-state index contributed by atoms with van der Waals surface area (Å²) in [5.74, 6) is 6.42. The maximum Gasteiger partial charge on any atom is 0.214 e. The van der Waals surface area contributed by atoms with Crippen molar-refractivity contribution in [3.8, 4) is 22.0 Å². The summed E-state index contributed by atoms with van der Waals surface area (Å²) >= 11 is 6.65. The Morgan fingerprint density at radius 1 is 1.32 bits per heavy atom. The number of nitrogens with zero attached hydrogens (tertiary/aromatic N) is 3. The SMILES string of the molecule is Cc1nc(-c2n[nH]c(=S)n2N)c(-c2ccccc2)s1. The van der Waals surface area contributed by atoms with E-state index >= 15 is 0 Å². The minimum Gasteiger partial charge on any atom is -0.335 e. The molecule has 3 aromatic rings. The molecule has 96 valence electrons. The van der Waals surface area contributed by atoms with E-state index in [1.165, 1.54) is 4.68 Å². The van der Waals surface area contributed by atoms with Crippen molar-refractivity contribution in [1.29, 1.82) is 0 Å². The summed E-state index contributed by atoms with van der Waals surface area (Å²) in [5, 5.41) is 7.79. The lowest BCUT2D eigenvalue weighted by atomic mass is 10.1. The Balaban J connectivity index is 2.23. The third-order valence-electron chi connectivity index (χ3n) is 2.69. The number of aromatic nitrogens is 4. The fourth-order valence-electron chi connectivity index (χ4n) is 1.84. The number of nitrogen functional groups attached to an aromatic ring is 1. The first-order chi connectivity index (χ1) is 9.16. The van der Waals surface area contributed by atoms with Crippen LogP contribution in [0.5, 0.6) is 0 Å². The maximum atomic E-state index is 5.87. The molecule has 7 heteroatoms. The molecule has 1 aromatic carbocycles. The monoisotopic (exact) mass is 289 g/mol. The fraction of sp³-hybridized carbons (Fsp3) is 0.0833. The summed E-state index contributed by atoms with van der Waals surface area (Å²) in [5.41, 5.74) is 1.85. The first kappa shape index (κ1) is 12.1. The highest BCUT2D eigenvalue weighted by Gasteiger charge is 2.17. The maximum absolute atomic E-state index is 5.87. The predicted octanol–water partition coefficient (Wildman–Crippen LogP) is 2.75. The number of aromatic amines is 1. The van der Waals surface area contributed by atoms with Crippen LogP contribution in [0, 0.1) is 11.7 Å². The van der Waals surface area contributed by atoms with E-state index < -0.39 is 0 Å². The van der Waals surface area contributed by atoms with Gasteiger partial charge in [-0.05, 0) is 24.7 Å². The zero-order valence-corrected chi connectivity index (χ0v) is 11.8. The fourth-order valence-corrected chi connectivity index (χ4v) is 2.89. The molecule has 0 unspecified atom stereocenters. The smallest absolute Gasteiger partial charge is 0.214 e. The molecule has 2 aromatic heterocycles. The van der Waals surface area contributed by atoms with Gasteiger partial charge in [-0.25, -0.2) is 14.8 Å². The zero-order valence-electron chi connectivity index (χ0n) is 10.1. The highest BCUT2D eigenvalue weighted by atomic mass is 32.1. The minimum absolute atomic E-state index is 0.375. The Hall–Kier alpha value is -1.99. The van der Waals surface area contributed by atoms with Crippen molar-refractivity contribution in [2.45, 2.75) is 6.92 Å². The molecule has 0 radical (unpaired) electrons. The zero-order chi connectivity index (χ0) is 13.4. The molecule has 3 N–H and O–H groups in total. The molecular weight excluding hydrogens is 278 g/mol. The lowest BCUT2D eigenvalue weighted by molar-refractivity contribution is 0.978. The second-order valence-corrected chi connectivity index (χ2v) is 5.59. The third kappa shape index (κ3) is 2.06. The van der Waals surface area contributed by atoms with Crippen LogP contribution in [-0.2, 0) is 0 Å². The number of nitrogens with two attached hydrogens (primary N) is 1. The van der Waals surface area contributed by atoms with Crippen LogP contribution < -0.4 is 5.84 Å². The number of aryl methyl sites for hydroxylation is 1. The molecule has 5 nitrogen and oxygen atoms in total. The van der Waals surface area contributed by atoms with Crippen molar-refractivity contribution in [1.82, 2.24) is 19.9 Å². The highest BCUT2D eigenvalue weighted by Crippen LogP contribution is 2.35. The van der Waals surface area contributed by atoms with Crippen molar-refractivity contribution < 1.29 is 0 Å². The van der Waals surface area contributed by atoms with Gasteiger partial charge in [-0.3, -0.25) is 0 Å². The van der Waals surface area contributed by atoms with Gasteiger partial charge in [0.05, 0.1) is 9.88 Å². The van der Waals surface area contributed by atoms with Crippen LogP contribution in [0.3, 0.4) is 0 Å². The molecular formula is C12H11N5S2. The lowest BCUT2D eigenvalue weighted by Gasteiger charge is -2.01. The highest BCUT2D eigenvalue weighted by molar-refractivity contribution is 7.71. The van der Waals surface area contributed by atoms with E-state index in [0.29, 0.717) is 10.6 Å². The molecule has 0 spiro atoms. The number of thiazole rings is 1. The molecule has 0 atom stereocenters. The second kappa shape index (κ2) is 4.60. The summed E-state index contributed by atoms with van der Waals surface area (Å²) in [6, 6.07) is 10.1. The topological polar surface area (TPSA) is 72.5 Å². The Kier molecular flexibility index (Phi) is 2.92. The third-order valence-corrected chi connectivity index (χ3v) is 3.99. The van der Waals surface area contributed by atoms with E-state index in [9.17, 15) is 0 Å². The van der Waals surface area contributed by atoms with Gasteiger partial charge in [0.1, 0.15) is 5.69 Å². The van der Waals surface area contributed by atoms with Gasteiger partial charge in [-0.2, -0.15) is 5.10 Å². The summed E-state index contributed by atoms with van der Waals surface area (Å²) < 4.78 is 1.72. The van der Waals surface area contributed by atoms with Crippen molar-refractivity contribution >= 4 is 23.6 Å². The molecule has 0 bridgehead atoms. The van der Waals surface area contributed by atoms with Gasteiger partial charge >= 0.3 is 0 Å². The van der Waals surface area contributed by atoms with Gasteiger partial charge in [0.25, 0.3) is 0 Å². The Morgan fingerprint density at radius 3 is 2.68 bits per heavy atom. The van der Waals surface area contributed by atoms with E-state index in [2.05, 4.69) is 15.2 Å². The normalized spacial score (nSPS) is 10.8. The van der Waals surface area contributed by atoms with E-state index in [1.54, 1.807) is 11.3 Å². The Morgan fingerprint density at radius 2 is 2.05 bits per heavy atom. The molecule has 0 aliphatic carbocycles. The van der Waals surface area contributed by atoms with Crippen LogP contribution in [0.15, 0.2) is 30.3 Å². The molecule has 0 amide bonds. The quantitative estimate of drug-likeness (QED) is 0.562. The van der Waals surface area contributed by atoms with Crippen molar-refractivity contribution in [2.75, 3.05) is 5.84 Å². The van der Waals surface area contributed by atoms with Crippen molar-refractivity contribution in [3.63, 3.8) is 0 Å². The summed E-state index contributed by atoms with van der Waals surface area (Å²) in [6.45, 7) is 1.96. The lowest BCUT2D eigenvalue weighted by Crippen LogP contribution is -2.10. The predicted molar refractivity (Wildman–Crippen MR) is 78.8 cm³/mol. The van der Waals surface area contributed by atoms with E-state index in [4.69, 9.17) is 18.1 Å². The second-order valence-electron chi connectivity index (χ2n) is 4.00. The van der Waals surface area contributed by atoms with Gasteiger partial charge in [-0.1, -0.05) is 30.3 Å². The molecule has 0 saturated carbocycles. The van der Waals surface area contributed by atoms with Gasteiger partial charge < -0.3 is 5.84 Å². The van der Waals surface area contributed by atoms with Crippen LogP contribution in [-0.4, -0.2) is 19.9 Å². The molecule has 0 saturated heterocycles. The molecule has 0 fully saturated rings. The molecule has 0 aliphatic rings. The molecule has 2 heterocycles. The van der Waals surface area contributed by atoms with Crippen LogP contribution in [0.4, 0.5) is 0 Å². The van der Waals surface area contributed by atoms with E-state index in [-0.39, 0.29) is 0 Å². The summed E-state index contributed by atoms with van der Waals surface area (Å²) in [7, 11) is 0. The summed E-state index contributed by atoms with van der Waals surface area (Å²) in [6.07, 6.45) is 0. The standard InChI is InChI=1S/C12H11N5S2/c1-7-14-9(11-15-16-12(18)17(11)13)10(19-7)8-5-3-2-4-6-8/h2-6H,13H2,1H3,(H,16,18). The molecule has 0 aliphatic heterocycles. The van der Waals surface area contributed by atoms with Gasteiger partial charge in [0.2, 0.25) is 10.6 Å². The number of hydrogen-bond acceptors (Lipinski definition) is 5. The number of nitrogens with one attached hydrogen (secondary N) is 1. The Labute approximate surface area is 118 Å². The molecule has 19 heavy (non-hydrogen) atoms. The van der Waals surface area contributed by atoms with Crippen LogP contribution in [0.2, 0.25) is 0 Å². The average molecular weight is 289 g/mol. The van der Waals surface area contributed by atoms with Crippen LogP contribution in [0.1, 0.15) is 5.01 Å². The number of rotatable bonds is 2. The largest absolute Gasteiger partial charge is 0.335 e. The van der Waals surface area contributed by atoms with Gasteiger partial charge in [0.15, 0.2) is 0 Å².